The lowest BCUT2D eigenvalue weighted by molar-refractivity contribution is -0.141. The molecule has 1 N–H and O–H groups in total. The van der Waals surface area contributed by atoms with Crippen LogP contribution in [0.3, 0.4) is 0 Å². The Labute approximate surface area is 164 Å². The number of hydrogen-bond acceptors (Lipinski definition) is 3. The van der Waals surface area contributed by atoms with Gasteiger partial charge in [-0.15, -0.1) is 0 Å². The molecule has 3 fully saturated rings. The topological polar surface area (TPSA) is 66.5 Å². The highest BCUT2D eigenvalue weighted by molar-refractivity contribution is 6.33. The van der Waals surface area contributed by atoms with Gasteiger partial charge in [0.15, 0.2) is 0 Å². The number of carbonyl (C=O) groups excluding carboxylic acids is 3. The summed E-state index contributed by atoms with van der Waals surface area (Å²) in [5.74, 6) is -1.04. The lowest BCUT2D eigenvalue weighted by atomic mass is 9.81. The average Bonchev–Trinajstić information content (AvgIpc) is 3.29. The molecule has 150 valence electrons. The van der Waals surface area contributed by atoms with E-state index < -0.39 is 17.6 Å². The number of benzene rings is 1. The maximum absolute atomic E-state index is 12.8. The molecule has 1 aliphatic heterocycles. The van der Waals surface area contributed by atoms with Crippen molar-refractivity contribution in [1.82, 2.24) is 4.90 Å². The molecule has 4 unspecified atom stereocenters. The number of anilines is 1. The normalized spacial score (nSPS) is 28.8. The minimum Gasteiger partial charge on any atom is -0.325 e. The number of likely N-dealkylation sites (tertiary alicyclic amines) is 1. The fraction of sp³-hybridized carbons (Fsp3) is 0.526. The van der Waals surface area contributed by atoms with Crippen LogP contribution in [0.1, 0.15) is 31.2 Å². The van der Waals surface area contributed by atoms with Crippen LogP contribution in [0.4, 0.5) is 18.9 Å². The third-order valence-electron chi connectivity index (χ3n) is 6.15. The van der Waals surface area contributed by atoms with E-state index in [2.05, 4.69) is 5.32 Å². The summed E-state index contributed by atoms with van der Waals surface area (Å²) in [5, 5.41) is 2.31. The van der Waals surface area contributed by atoms with Gasteiger partial charge in [-0.25, -0.2) is 0 Å². The highest BCUT2D eigenvalue weighted by Gasteiger charge is 2.60. The molecule has 3 amide bonds. The van der Waals surface area contributed by atoms with Crippen molar-refractivity contribution in [2.45, 2.75) is 31.9 Å². The number of nitrogens with zero attached hydrogens (tertiary/aromatic N) is 1. The Balaban J connectivity index is 1.39. The molecule has 28 heavy (non-hydrogen) atoms. The van der Waals surface area contributed by atoms with E-state index in [0.717, 1.165) is 42.4 Å². The van der Waals surface area contributed by atoms with Gasteiger partial charge in [0.2, 0.25) is 17.7 Å². The second kappa shape index (κ2) is 6.76. The van der Waals surface area contributed by atoms with Crippen molar-refractivity contribution in [3.05, 3.63) is 28.8 Å². The highest BCUT2D eigenvalue weighted by atomic mass is 35.5. The Kier molecular flexibility index (Phi) is 4.64. The standard InChI is InChI=1S/C19H18ClF3N2O3/c20-12-4-3-11(19(21,22)23)8-13(12)24-14(26)5-6-25-17(27)15-9-1-2-10(7-9)16(15)18(25)28/h3-4,8-10,15-16H,1-2,5-7H2,(H,24,26). The zero-order valence-electron chi connectivity index (χ0n) is 14.8. The second-order valence-corrected chi connectivity index (χ2v) is 8.11. The molecule has 1 aromatic carbocycles. The molecule has 0 radical (unpaired) electrons. The third-order valence-corrected chi connectivity index (χ3v) is 6.48. The molecule has 2 saturated carbocycles. The number of rotatable bonds is 4. The molecule has 4 atom stereocenters. The van der Waals surface area contributed by atoms with Crippen molar-refractivity contribution in [1.29, 1.82) is 0 Å². The van der Waals surface area contributed by atoms with Crippen LogP contribution in [-0.2, 0) is 20.6 Å². The number of carbonyl (C=O) groups is 3. The average molecular weight is 415 g/mol. The number of amides is 3. The smallest absolute Gasteiger partial charge is 0.325 e. The molecule has 4 rings (SSSR count). The monoisotopic (exact) mass is 414 g/mol. The molecule has 0 aromatic heterocycles. The summed E-state index contributed by atoms with van der Waals surface area (Å²) in [6.07, 6.45) is -1.90. The van der Waals surface area contributed by atoms with Gasteiger partial charge < -0.3 is 5.32 Å². The van der Waals surface area contributed by atoms with Gasteiger partial charge in [-0.05, 0) is 49.3 Å². The van der Waals surface area contributed by atoms with Crippen LogP contribution >= 0.6 is 11.6 Å². The zero-order chi connectivity index (χ0) is 20.2. The van der Waals surface area contributed by atoms with Crippen molar-refractivity contribution in [3.63, 3.8) is 0 Å². The molecule has 1 heterocycles. The largest absolute Gasteiger partial charge is 0.416 e. The van der Waals surface area contributed by atoms with E-state index in [4.69, 9.17) is 11.6 Å². The Morgan fingerprint density at radius 1 is 1.14 bits per heavy atom. The number of alkyl halides is 3. The van der Waals surface area contributed by atoms with Gasteiger partial charge in [0.25, 0.3) is 0 Å². The number of halogens is 4. The van der Waals surface area contributed by atoms with Crippen molar-refractivity contribution in [2.24, 2.45) is 23.7 Å². The van der Waals surface area contributed by atoms with Crippen molar-refractivity contribution < 1.29 is 27.6 Å². The van der Waals surface area contributed by atoms with Crippen LogP contribution in [0.15, 0.2) is 18.2 Å². The molecule has 3 aliphatic rings. The maximum atomic E-state index is 12.8. The number of fused-ring (bicyclic) bond motifs is 5. The molecular weight excluding hydrogens is 397 g/mol. The fourth-order valence-electron chi connectivity index (χ4n) is 4.91. The fourth-order valence-corrected chi connectivity index (χ4v) is 5.08. The van der Waals surface area contributed by atoms with Gasteiger partial charge in [0.1, 0.15) is 0 Å². The first-order valence-electron chi connectivity index (χ1n) is 9.18. The predicted molar refractivity (Wildman–Crippen MR) is 94.2 cm³/mol. The molecule has 2 aliphatic carbocycles. The number of imide groups is 1. The minimum atomic E-state index is -4.56. The van der Waals surface area contributed by atoms with Gasteiger partial charge in [0.05, 0.1) is 28.1 Å². The van der Waals surface area contributed by atoms with Crippen molar-refractivity contribution in [2.75, 3.05) is 11.9 Å². The van der Waals surface area contributed by atoms with E-state index in [0.29, 0.717) is 0 Å². The van der Waals surface area contributed by atoms with Gasteiger partial charge in [-0.1, -0.05) is 11.6 Å². The van der Waals surface area contributed by atoms with Crippen molar-refractivity contribution in [3.8, 4) is 0 Å². The summed E-state index contributed by atoms with van der Waals surface area (Å²) < 4.78 is 38.5. The van der Waals surface area contributed by atoms with E-state index >= 15 is 0 Å². The Hall–Kier alpha value is -2.09. The van der Waals surface area contributed by atoms with E-state index in [-0.39, 0.29) is 59.2 Å². The number of hydrogen-bond donors (Lipinski definition) is 1. The Bertz CT molecular complexity index is 829. The van der Waals surface area contributed by atoms with E-state index in [9.17, 15) is 27.6 Å². The Morgan fingerprint density at radius 2 is 1.75 bits per heavy atom. The van der Waals surface area contributed by atoms with Gasteiger partial charge in [-0.2, -0.15) is 13.2 Å². The van der Waals surface area contributed by atoms with Gasteiger partial charge in [0, 0.05) is 13.0 Å². The van der Waals surface area contributed by atoms with Crippen LogP contribution < -0.4 is 5.32 Å². The minimum absolute atomic E-state index is 0.0271. The van der Waals surface area contributed by atoms with E-state index in [1.807, 2.05) is 0 Å². The quantitative estimate of drug-likeness (QED) is 0.764. The Morgan fingerprint density at radius 3 is 2.32 bits per heavy atom. The predicted octanol–water partition coefficient (Wildman–Crippen LogP) is 3.72. The first kappa shape index (κ1) is 19.2. The summed E-state index contributed by atoms with van der Waals surface area (Å²) in [7, 11) is 0. The maximum Gasteiger partial charge on any atom is 0.416 e. The first-order chi connectivity index (χ1) is 13.2. The zero-order valence-corrected chi connectivity index (χ0v) is 15.5. The summed E-state index contributed by atoms with van der Waals surface area (Å²) in [6.45, 7) is -0.0769. The van der Waals surface area contributed by atoms with Crippen LogP contribution in [0.2, 0.25) is 5.02 Å². The molecule has 2 bridgehead atoms. The van der Waals surface area contributed by atoms with Gasteiger partial charge in [-0.3, -0.25) is 19.3 Å². The van der Waals surface area contributed by atoms with Crippen molar-refractivity contribution >= 4 is 35.0 Å². The lowest BCUT2D eigenvalue weighted by Crippen LogP contribution is -2.35. The summed E-state index contributed by atoms with van der Waals surface area (Å²) in [5.41, 5.74) is -1.09. The second-order valence-electron chi connectivity index (χ2n) is 7.70. The summed E-state index contributed by atoms with van der Waals surface area (Å²) >= 11 is 5.87. The number of nitrogens with one attached hydrogen (secondary N) is 1. The molecule has 0 spiro atoms. The molecule has 1 saturated heterocycles. The molecule has 9 heteroatoms. The first-order valence-corrected chi connectivity index (χ1v) is 9.56. The van der Waals surface area contributed by atoms with Crippen LogP contribution in [-0.4, -0.2) is 29.2 Å². The summed E-state index contributed by atoms with van der Waals surface area (Å²) in [4.78, 5) is 38.5. The molecule has 5 nitrogen and oxygen atoms in total. The van der Waals surface area contributed by atoms with E-state index in [1.165, 1.54) is 0 Å². The molecule has 1 aromatic rings. The van der Waals surface area contributed by atoms with E-state index in [1.54, 1.807) is 0 Å². The van der Waals surface area contributed by atoms with Crippen LogP contribution in [0.5, 0.6) is 0 Å². The molecular formula is C19H18ClF3N2O3. The van der Waals surface area contributed by atoms with Crippen LogP contribution in [0, 0.1) is 23.7 Å². The van der Waals surface area contributed by atoms with Crippen LogP contribution in [0.25, 0.3) is 0 Å². The van der Waals surface area contributed by atoms with Gasteiger partial charge >= 0.3 is 6.18 Å². The SMILES string of the molecule is O=C(CCN1C(=O)C2C3CCC(C3)C2C1=O)Nc1cc(C(F)(F)F)ccc1Cl. The summed E-state index contributed by atoms with van der Waals surface area (Å²) in [6, 6.07) is 2.64. The highest BCUT2D eigenvalue weighted by Crippen LogP contribution is 2.56. The third kappa shape index (κ3) is 3.17. The lowest BCUT2D eigenvalue weighted by Gasteiger charge is -2.19.